The minimum atomic E-state index is -1.19. The smallest absolute Gasteiger partial charge is 0.329 e. The Balaban J connectivity index is 2.16. The molecule has 2 amide bonds. The van der Waals surface area contributed by atoms with Crippen LogP contribution in [0.2, 0.25) is 0 Å². The van der Waals surface area contributed by atoms with Crippen molar-refractivity contribution < 1.29 is 24.6 Å². The molecule has 4 N–H and O–H groups in total. The van der Waals surface area contributed by atoms with Gasteiger partial charge in [-0.25, -0.2) is 4.79 Å². The highest BCUT2D eigenvalue weighted by atomic mass is 16.4. The summed E-state index contributed by atoms with van der Waals surface area (Å²) in [6.07, 6.45) is 1.79. The van der Waals surface area contributed by atoms with Crippen molar-refractivity contribution in [3.63, 3.8) is 0 Å². The Kier molecular flexibility index (Phi) is 5.30. The van der Waals surface area contributed by atoms with Crippen molar-refractivity contribution in [2.45, 2.75) is 0 Å². The topological polar surface area (TPSA) is 116 Å². The van der Waals surface area contributed by atoms with Crippen molar-refractivity contribution in [3.05, 3.63) is 71.9 Å². The summed E-state index contributed by atoms with van der Waals surface area (Å²) < 4.78 is 0. The molecule has 0 unspecified atom stereocenters. The van der Waals surface area contributed by atoms with Gasteiger partial charge in [0.15, 0.2) is 0 Å². The number of phenolic OH excluding ortho intramolecular Hbond substituents is 1. The second-order valence-electron chi connectivity index (χ2n) is 4.69. The molecule has 0 aliphatic carbocycles. The predicted molar refractivity (Wildman–Crippen MR) is 86.7 cm³/mol. The molecule has 2 rings (SSSR count). The van der Waals surface area contributed by atoms with E-state index in [-0.39, 0.29) is 17.0 Å². The lowest BCUT2D eigenvalue weighted by molar-refractivity contribution is -0.131. The van der Waals surface area contributed by atoms with Gasteiger partial charge in [0.25, 0.3) is 11.8 Å². The number of aromatic hydroxyl groups is 1. The molecule has 0 aliphatic heterocycles. The Morgan fingerprint density at radius 1 is 0.917 bits per heavy atom. The number of carboxylic acids is 1. The number of rotatable bonds is 5. The Morgan fingerprint density at radius 3 is 2.25 bits per heavy atom. The SMILES string of the molecule is O=C(O)C=CNC(=O)c1ccccc1NC(=O)c1ccc(O)cc1. The van der Waals surface area contributed by atoms with E-state index >= 15 is 0 Å². The molecule has 2 aromatic rings. The van der Waals surface area contributed by atoms with E-state index in [9.17, 15) is 19.5 Å². The zero-order valence-electron chi connectivity index (χ0n) is 12.4. The van der Waals surface area contributed by atoms with Crippen molar-refractivity contribution in [3.8, 4) is 5.75 Å². The molecular formula is C17H14N2O5. The summed E-state index contributed by atoms with van der Waals surface area (Å²) in [6, 6.07) is 12.0. The predicted octanol–water partition coefficient (Wildman–Crippen LogP) is 1.97. The second kappa shape index (κ2) is 7.59. The first-order valence-corrected chi connectivity index (χ1v) is 6.87. The number of phenols is 1. The molecule has 2 aromatic carbocycles. The molecule has 7 heteroatoms. The summed E-state index contributed by atoms with van der Waals surface area (Å²) in [4.78, 5) is 34.7. The minimum Gasteiger partial charge on any atom is -0.508 e. The van der Waals surface area contributed by atoms with Gasteiger partial charge >= 0.3 is 5.97 Å². The molecule has 24 heavy (non-hydrogen) atoms. The highest BCUT2D eigenvalue weighted by Crippen LogP contribution is 2.17. The number of anilines is 1. The third kappa shape index (κ3) is 4.44. The zero-order chi connectivity index (χ0) is 17.5. The number of amides is 2. The summed E-state index contributed by atoms with van der Waals surface area (Å²) >= 11 is 0. The van der Waals surface area contributed by atoms with Crippen molar-refractivity contribution in [1.82, 2.24) is 5.32 Å². The van der Waals surface area contributed by atoms with Crippen LogP contribution in [0.25, 0.3) is 0 Å². The maximum absolute atomic E-state index is 12.2. The molecule has 7 nitrogen and oxygen atoms in total. The van der Waals surface area contributed by atoms with Crippen molar-refractivity contribution in [1.29, 1.82) is 0 Å². The first kappa shape index (κ1) is 16.8. The van der Waals surface area contributed by atoms with Gasteiger partial charge in [-0.2, -0.15) is 0 Å². The van der Waals surface area contributed by atoms with Crippen LogP contribution >= 0.6 is 0 Å². The van der Waals surface area contributed by atoms with Crippen LogP contribution in [0.5, 0.6) is 5.75 Å². The lowest BCUT2D eigenvalue weighted by Crippen LogP contribution is -2.21. The van der Waals surface area contributed by atoms with Crippen molar-refractivity contribution in [2.75, 3.05) is 5.32 Å². The van der Waals surface area contributed by atoms with Gasteiger partial charge in [-0.05, 0) is 36.4 Å². The van der Waals surface area contributed by atoms with Gasteiger partial charge in [-0.15, -0.1) is 0 Å². The Morgan fingerprint density at radius 2 is 1.58 bits per heavy atom. The molecule has 122 valence electrons. The quantitative estimate of drug-likeness (QED) is 0.627. The highest BCUT2D eigenvalue weighted by molar-refractivity contribution is 6.09. The minimum absolute atomic E-state index is 0.0385. The maximum Gasteiger partial charge on any atom is 0.329 e. The number of para-hydroxylation sites is 1. The fourth-order valence-electron chi connectivity index (χ4n) is 1.86. The van der Waals surface area contributed by atoms with Gasteiger partial charge in [-0.1, -0.05) is 12.1 Å². The van der Waals surface area contributed by atoms with Crippen LogP contribution in [0.4, 0.5) is 5.69 Å². The second-order valence-corrected chi connectivity index (χ2v) is 4.69. The molecule has 0 aromatic heterocycles. The van der Waals surface area contributed by atoms with Gasteiger partial charge < -0.3 is 20.8 Å². The third-order valence-corrected chi connectivity index (χ3v) is 2.99. The molecule has 0 bridgehead atoms. The molecule has 0 fully saturated rings. The van der Waals surface area contributed by atoms with E-state index in [0.29, 0.717) is 5.56 Å². The summed E-state index contributed by atoms with van der Waals surface area (Å²) in [5.41, 5.74) is 0.769. The van der Waals surface area contributed by atoms with E-state index < -0.39 is 17.8 Å². The van der Waals surface area contributed by atoms with Crippen LogP contribution in [-0.2, 0) is 4.79 Å². The molecule has 0 saturated heterocycles. The molecule has 0 spiro atoms. The summed E-state index contributed by atoms with van der Waals surface area (Å²) in [6.45, 7) is 0. The Hall–Kier alpha value is -3.61. The summed E-state index contributed by atoms with van der Waals surface area (Å²) in [5, 5.41) is 22.6. The lowest BCUT2D eigenvalue weighted by atomic mass is 10.1. The van der Waals surface area contributed by atoms with E-state index in [1.807, 2.05) is 0 Å². The number of nitrogens with one attached hydrogen (secondary N) is 2. The number of hydrogen-bond acceptors (Lipinski definition) is 4. The standard InChI is InChI=1S/C17H14N2O5/c20-12-7-5-11(6-8-12)16(23)19-14-4-2-1-3-13(14)17(24)18-10-9-15(21)22/h1-10,20H,(H,18,24)(H,19,23)(H,21,22). The van der Waals surface area contributed by atoms with E-state index in [1.165, 1.54) is 30.3 Å². The van der Waals surface area contributed by atoms with E-state index in [1.54, 1.807) is 18.2 Å². The van der Waals surface area contributed by atoms with Crippen LogP contribution in [0.3, 0.4) is 0 Å². The number of carboxylic acid groups (broad SMARTS) is 1. The van der Waals surface area contributed by atoms with Gasteiger partial charge in [-0.3, -0.25) is 9.59 Å². The fourth-order valence-corrected chi connectivity index (χ4v) is 1.86. The molecule has 0 aliphatic rings. The highest BCUT2D eigenvalue weighted by Gasteiger charge is 2.13. The molecular weight excluding hydrogens is 312 g/mol. The molecule has 0 radical (unpaired) electrons. The molecule has 0 saturated carbocycles. The Bertz CT molecular complexity index is 797. The van der Waals surface area contributed by atoms with Gasteiger partial charge in [0.1, 0.15) is 5.75 Å². The monoisotopic (exact) mass is 326 g/mol. The van der Waals surface area contributed by atoms with E-state index in [4.69, 9.17) is 5.11 Å². The van der Waals surface area contributed by atoms with E-state index in [2.05, 4.69) is 10.6 Å². The molecule has 0 atom stereocenters. The Labute approximate surface area is 137 Å². The third-order valence-electron chi connectivity index (χ3n) is 2.99. The van der Waals surface area contributed by atoms with Gasteiger partial charge in [0.2, 0.25) is 0 Å². The van der Waals surface area contributed by atoms with Gasteiger partial charge in [0.05, 0.1) is 11.3 Å². The van der Waals surface area contributed by atoms with Crippen molar-refractivity contribution in [2.24, 2.45) is 0 Å². The van der Waals surface area contributed by atoms with Crippen LogP contribution in [0.15, 0.2) is 60.8 Å². The molecule has 0 heterocycles. The number of hydrogen-bond donors (Lipinski definition) is 4. The normalized spacial score (nSPS) is 10.3. The summed E-state index contributed by atoms with van der Waals surface area (Å²) in [7, 11) is 0. The van der Waals surface area contributed by atoms with Crippen LogP contribution in [-0.4, -0.2) is 28.0 Å². The first-order valence-electron chi connectivity index (χ1n) is 6.87. The van der Waals surface area contributed by atoms with Crippen LogP contribution in [0.1, 0.15) is 20.7 Å². The lowest BCUT2D eigenvalue weighted by Gasteiger charge is -2.10. The van der Waals surface area contributed by atoms with Crippen LogP contribution < -0.4 is 10.6 Å². The number of benzene rings is 2. The van der Waals surface area contributed by atoms with E-state index in [0.717, 1.165) is 12.3 Å². The maximum atomic E-state index is 12.2. The number of aliphatic carboxylic acids is 1. The average Bonchev–Trinajstić information content (AvgIpc) is 2.55. The fraction of sp³-hybridized carbons (Fsp3) is 0. The number of carbonyl (C=O) groups excluding carboxylic acids is 2. The largest absolute Gasteiger partial charge is 0.508 e. The summed E-state index contributed by atoms with van der Waals surface area (Å²) in [5.74, 6) is -2.16. The average molecular weight is 326 g/mol. The van der Waals surface area contributed by atoms with Gasteiger partial charge in [0, 0.05) is 17.8 Å². The van der Waals surface area contributed by atoms with Crippen molar-refractivity contribution >= 4 is 23.5 Å². The zero-order valence-corrected chi connectivity index (χ0v) is 12.4. The number of carbonyl (C=O) groups is 3. The first-order chi connectivity index (χ1) is 11.5. The van der Waals surface area contributed by atoms with Crippen LogP contribution in [0, 0.1) is 0 Å².